The summed E-state index contributed by atoms with van der Waals surface area (Å²) >= 11 is 0. The number of aryl methyl sites for hydroxylation is 3. The van der Waals surface area contributed by atoms with E-state index in [-0.39, 0.29) is 11.8 Å². The molecule has 2 aromatic rings. The third kappa shape index (κ3) is 4.13. The number of amides is 2. The molecule has 0 unspecified atom stereocenters. The molecule has 0 aliphatic carbocycles. The van der Waals surface area contributed by atoms with E-state index in [2.05, 4.69) is 11.4 Å². The van der Waals surface area contributed by atoms with Crippen LogP contribution in [0.1, 0.15) is 41.6 Å². The fraction of sp³-hybridized carbons (Fsp3) is 0.364. The number of hydrogen-bond donors (Lipinski definition) is 1. The van der Waals surface area contributed by atoms with Gasteiger partial charge in [0.2, 0.25) is 5.91 Å². The van der Waals surface area contributed by atoms with Gasteiger partial charge in [-0.15, -0.1) is 0 Å². The van der Waals surface area contributed by atoms with Crippen LogP contribution >= 0.6 is 0 Å². The van der Waals surface area contributed by atoms with E-state index >= 15 is 0 Å². The second kappa shape index (κ2) is 7.82. The number of fused-ring (bicyclic) bond motifs is 1. The van der Waals surface area contributed by atoms with Crippen molar-refractivity contribution in [3.63, 3.8) is 0 Å². The van der Waals surface area contributed by atoms with Gasteiger partial charge in [-0.05, 0) is 44.9 Å². The summed E-state index contributed by atoms with van der Waals surface area (Å²) in [6.07, 6.45) is 0.708. The van der Waals surface area contributed by atoms with Crippen molar-refractivity contribution in [3.8, 4) is 5.75 Å². The first-order valence-corrected chi connectivity index (χ1v) is 9.26. The van der Waals surface area contributed by atoms with Crippen LogP contribution < -0.4 is 15.0 Å². The zero-order valence-corrected chi connectivity index (χ0v) is 16.3. The van der Waals surface area contributed by atoms with Gasteiger partial charge in [0.15, 0.2) is 0 Å². The summed E-state index contributed by atoms with van der Waals surface area (Å²) in [7, 11) is 0. The highest BCUT2D eigenvalue weighted by molar-refractivity contribution is 6.06. The Hall–Kier alpha value is -2.82. The van der Waals surface area contributed by atoms with Gasteiger partial charge in [0, 0.05) is 19.0 Å². The molecule has 2 aromatic carbocycles. The zero-order valence-electron chi connectivity index (χ0n) is 16.3. The van der Waals surface area contributed by atoms with Gasteiger partial charge in [-0.3, -0.25) is 9.59 Å². The molecule has 0 saturated carbocycles. The van der Waals surface area contributed by atoms with Crippen LogP contribution in [0.25, 0.3) is 0 Å². The molecule has 0 fully saturated rings. The lowest BCUT2D eigenvalue weighted by atomic mass is 10.0. The van der Waals surface area contributed by atoms with Crippen LogP contribution in [0.15, 0.2) is 36.4 Å². The Bertz CT molecular complexity index is 859. The Morgan fingerprint density at radius 3 is 2.48 bits per heavy atom. The minimum absolute atomic E-state index is 0.0794. The van der Waals surface area contributed by atoms with E-state index in [0.29, 0.717) is 19.6 Å². The molecule has 0 saturated heterocycles. The molecule has 0 spiro atoms. The van der Waals surface area contributed by atoms with Gasteiger partial charge in [-0.1, -0.05) is 35.4 Å². The van der Waals surface area contributed by atoms with Crippen LogP contribution in [-0.2, 0) is 9.59 Å². The molecule has 1 aliphatic heterocycles. The third-order valence-corrected chi connectivity index (χ3v) is 4.73. The molecule has 1 atom stereocenters. The largest absolute Gasteiger partial charge is 0.494 e. The standard InChI is InChI=1S/C22H26N2O3/c1-14-6-8-18(9-7-14)27-11-5-10-24-21-16(3)12-15(2)13-19(21)20(22(24)26)23-17(4)25/h6-9,12-13,20H,5,10-11H2,1-4H3,(H,23,25)/t20-/m0/s1. The number of benzene rings is 2. The second-order valence-electron chi connectivity index (χ2n) is 7.16. The lowest BCUT2D eigenvalue weighted by molar-refractivity contribution is -0.126. The molecule has 1 aliphatic rings. The van der Waals surface area contributed by atoms with Crippen molar-refractivity contribution in [1.82, 2.24) is 5.32 Å². The van der Waals surface area contributed by atoms with Crippen LogP contribution in [0.5, 0.6) is 5.75 Å². The highest BCUT2D eigenvalue weighted by Crippen LogP contribution is 2.39. The fourth-order valence-corrected chi connectivity index (χ4v) is 3.59. The molecule has 0 aromatic heterocycles. The van der Waals surface area contributed by atoms with Crippen molar-refractivity contribution in [2.24, 2.45) is 0 Å². The smallest absolute Gasteiger partial charge is 0.254 e. The molecule has 142 valence electrons. The van der Waals surface area contributed by atoms with E-state index in [1.54, 1.807) is 4.90 Å². The number of nitrogens with one attached hydrogen (secondary N) is 1. The predicted molar refractivity (Wildman–Crippen MR) is 106 cm³/mol. The summed E-state index contributed by atoms with van der Waals surface area (Å²) in [6.45, 7) is 8.56. The lowest BCUT2D eigenvalue weighted by Crippen LogP contribution is -2.37. The van der Waals surface area contributed by atoms with Crippen molar-refractivity contribution in [2.45, 2.75) is 40.2 Å². The van der Waals surface area contributed by atoms with Crippen LogP contribution in [0.4, 0.5) is 5.69 Å². The first-order valence-electron chi connectivity index (χ1n) is 9.26. The Labute approximate surface area is 160 Å². The zero-order chi connectivity index (χ0) is 19.6. The summed E-state index contributed by atoms with van der Waals surface area (Å²) in [6, 6.07) is 11.4. The number of carbonyl (C=O) groups excluding carboxylic acids is 2. The number of ether oxygens (including phenoxy) is 1. The Morgan fingerprint density at radius 1 is 1.11 bits per heavy atom. The molecular formula is C22H26N2O3. The summed E-state index contributed by atoms with van der Waals surface area (Å²) in [5.41, 5.74) is 5.12. The maximum atomic E-state index is 12.9. The van der Waals surface area contributed by atoms with Crippen molar-refractivity contribution in [1.29, 1.82) is 0 Å². The van der Waals surface area contributed by atoms with Crippen molar-refractivity contribution in [2.75, 3.05) is 18.1 Å². The van der Waals surface area contributed by atoms with E-state index in [9.17, 15) is 9.59 Å². The lowest BCUT2D eigenvalue weighted by Gasteiger charge is -2.20. The molecule has 5 nitrogen and oxygen atoms in total. The predicted octanol–water partition coefficient (Wildman–Crippen LogP) is 3.60. The van der Waals surface area contributed by atoms with E-state index < -0.39 is 6.04 Å². The summed E-state index contributed by atoms with van der Waals surface area (Å²) in [5.74, 6) is 0.545. The van der Waals surface area contributed by atoms with E-state index in [1.165, 1.54) is 12.5 Å². The quantitative estimate of drug-likeness (QED) is 0.795. The maximum Gasteiger partial charge on any atom is 0.254 e. The number of nitrogens with zero attached hydrogens (tertiary/aromatic N) is 1. The molecule has 5 heteroatoms. The first kappa shape index (κ1) is 19.0. The molecule has 3 rings (SSSR count). The topological polar surface area (TPSA) is 58.6 Å². The summed E-state index contributed by atoms with van der Waals surface area (Å²) in [4.78, 5) is 26.3. The Kier molecular flexibility index (Phi) is 5.49. The highest BCUT2D eigenvalue weighted by Gasteiger charge is 2.38. The van der Waals surface area contributed by atoms with Gasteiger partial charge in [0.1, 0.15) is 11.8 Å². The van der Waals surface area contributed by atoms with Gasteiger partial charge in [-0.25, -0.2) is 0 Å². The Balaban J connectivity index is 1.71. The van der Waals surface area contributed by atoms with Crippen molar-refractivity contribution >= 4 is 17.5 Å². The van der Waals surface area contributed by atoms with Gasteiger partial charge in [0.05, 0.1) is 12.3 Å². The number of anilines is 1. The fourth-order valence-electron chi connectivity index (χ4n) is 3.59. The molecular weight excluding hydrogens is 340 g/mol. The summed E-state index contributed by atoms with van der Waals surface area (Å²) < 4.78 is 5.78. The van der Waals surface area contributed by atoms with E-state index in [4.69, 9.17) is 4.74 Å². The average Bonchev–Trinajstić information content (AvgIpc) is 2.85. The molecule has 0 bridgehead atoms. The third-order valence-electron chi connectivity index (χ3n) is 4.73. The van der Waals surface area contributed by atoms with Gasteiger partial charge < -0.3 is 15.0 Å². The van der Waals surface area contributed by atoms with Crippen LogP contribution in [0.2, 0.25) is 0 Å². The SMILES string of the molecule is CC(=O)N[C@@H]1C(=O)N(CCCOc2ccc(C)cc2)c2c(C)cc(C)cc21. The number of hydrogen-bond acceptors (Lipinski definition) is 3. The minimum Gasteiger partial charge on any atom is -0.494 e. The molecule has 2 amide bonds. The molecule has 0 radical (unpaired) electrons. The van der Waals surface area contributed by atoms with Gasteiger partial charge in [0.25, 0.3) is 5.91 Å². The second-order valence-corrected chi connectivity index (χ2v) is 7.16. The van der Waals surface area contributed by atoms with Gasteiger partial charge in [-0.2, -0.15) is 0 Å². The first-order chi connectivity index (χ1) is 12.9. The molecule has 1 heterocycles. The van der Waals surface area contributed by atoms with Crippen molar-refractivity contribution in [3.05, 3.63) is 58.7 Å². The molecule has 1 N–H and O–H groups in total. The Morgan fingerprint density at radius 2 is 1.81 bits per heavy atom. The van der Waals surface area contributed by atoms with Crippen LogP contribution in [0.3, 0.4) is 0 Å². The monoisotopic (exact) mass is 366 g/mol. The van der Waals surface area contributed by atoms with Crippen LogP contribution in [-0.4, -0.2) is 25.0 Å². The van der Waals surface area contributed by atoms with E-state index in [0.717, 1.165) is 28.1 Å². The normalized spacial score (nSPS) is 15.6. The van der Waals surface area contributed by atoms with E-state index in [1.807, 2.05) is 51.1 Å². The van der Waals surface area contributed by atoms with Gasteiger partial charge >= 0.3 is 0 Å². The maximum absolute atomic E-state index is 12.9. The van der Waals surface area contributed by atoms with Crippen LogP contribution in [0, 0.1) is 20.8 Å². The molecule has 27 heavy (non-hydrogen) atoms. The average molecular weight is 366 g/mol. The summed E-state index contributed by atoms with van der Waals surface area (Å²) in [5, 5.41) is 2.79. The van der Waals surface area contributed by atoms with Crippen molar-refractivity contribution < 1.29 is 14.3 Å². The number of carbonyl (C=O) groups is 2. The minimum atomic E-state index is -0.603. The number of rotatable bonds is 6. The highest BCUT2D eigenvalue weighted by atomic mass is 16.5.